The first-order valence-corrected chi connectivity index (χ1v) is 14.6. The van der Waals surface area contributed by atoms with Crippen molar-refractivity contribution >= 4 is 23.2 Å². The van der Waals surface area contributed by atoms with Crippen molar-refractivity contribution in [1.29, 1.82) is 0 Å². The minimum absolute atomic E-state index is 0.0168. The number of hydrogen-bond donors (Lipinski definition) is 4. The fourth-order valence-electron chi connectivity index (χ4n) is 6.54. The van der Waals surface area contributed by atoms with E-state index in [4.69, 9.17) is 15.2 Å². The number of aromatic hydroxyl groups is 1. The predicted octanol–water partition coefficient (Wildman–Crippen LogP) is 4.13. The molecule has 3 aliphatic carbocycles. The lowest BCUT2D eigenvalue weighted by Crippen LogP contribution is -2.44. The summed E-state index contributed by atoms with van der Waals surface area (Å²) in [7, 11) is 3.13. The summed E-state index contributed by atoms with van der Waals surface area (Å²) in [5, 5.41) is 34.0. The van der Waals surface area contributed by atoms with Crippen molar-refractivity contribution in [1.82, 2.24) is 0 Å². The maximum atomic E-state index is 13.9. The van der Waals surface area contributed by atoms with Gasteiger partial charge in [0.2, 0.25) is 0 Å². The molecule has 3 aromatic rings. The van der Waals surface area contributed by atoms with Crippen LogP contribution in [0.3, 0.4) is 0 Å². The number of primary amides is 1. The largest absolute Gasteiger partial charge is 0.511 e. The molecule has 46 heavy (non-hydrogen) atoms. The first-order chi connectivity index (χ1) is 22.1. The van der Waals surface area contributed by atoms with Gasteiger partial charge in [0.25, 0.3) is 5.91 Å². The number of ketones is 2. The molecule has 9 nitrogen and oxygen atoms in total. The minimum Gasteiger partial charge on any atom is -0.511 e. The molecule has 0 aromatic heterocycles. The van der Waals surface area contributed by atoms with Crippen LogP contribution in [0.5, 0.6) is 17.2 Å². The molecule has 0 aliphatic heterocycles. The normalized spacial score (nSPS) is 19.9. The van der Waals surface area contributed by atoms with Crippen LogP contribution in [0.15, 0.2) is 71.5 Å². The van der Waals surface area contributed by atoms with Crippen molar-refractivity contribution in [3.63, 3.8) is 0 Å². The molecule has 0 bridgehead atoms. The van der Waals surface area contributed by atoms with Gasteiger partial charge in [0.1, 0.15) is 34.3 Å². The number of phenolic OH excluding ortho intramolecular Hbond substituents is 1. The zero-order chi connectivity index (χ0) is 32.7. The number of methoxy groups -OCH3 is 2. The molecule has 230 valence electrons. The molecule has 0 saturated heterocycles. The highest BCUT2D eigenvalue weighted by Gasteiger charge is 2.51. The van der Waals surface area contributed by atoms with Gasteiger partial charge < -0.3 is 30.5 Å². The van der Waals surface area contributed by atoms with E-state index in [2.05, 4.69) is 23.7 Å². The van der Waals surface area contributed by atoms with Gasteiger partial charge in [-0.05, 0) is 84.8 Å². The lowest BCUT2D eigenvalue weighted by molar-refractivity contribution is -0.127. The van der Waals surface area contributed by atoms with Gasteiger partial charge in [-0.2, -0.15) is 0 Å². The fourth-order valence-corrected chi connectivity index (χ4v) is 6.54. The summed E-state index contributed by atoms with van der Waals surface area (Å²) in [6, 6.07) is 15.9. The average Bonchev–Trinajstić information content (AvgIpc) is 3.03. The van der Waals surface area contributed by atoms with Crippen LogP contribution < -0.4 is 15.2 Å². The lowest BCUT2D eigenvalue weighted by atomic mass is 9.61. The first-order valence-electron chi connectivity index (χ1n) is 14.6. The maximum absolute atomic E-state index is 13.9. The third-order valence-corrected chi connectivity index (χ3v) is 8.75. The number of fused-ring (bicyclic) bond motifs is 3. The van der Waals surface area contributed by atoms with Crippen LogP contribution in [0.2, 0.25) is 0 Å². The zero-order valence-electron chi connectivity index (χ0n) is 25.0. The summed E-state index contributed by atoms with van der Waals surface area (Å²) in [5.74, 6) is 7.53. The quantitative estimate of drug-likeness (QED) is 0.253. The van der Waals surface area contributed by atoms with Crippen LogP contribution >= 0.6 is 0 Å². The van der Waals surface area contributed by atoms with E-state index < -0.39 is 52.3 Å². The van der Waals surface area contributed by atoms with Gasteiger partial charge in [-0.1, -0.05) is 23.7 Å². The average molecular weight is 616 g/mol. The molecule has 9 heteroatoms. The first kappa shape index (κ1) is 30.1. The van der Waals surface area contributed by atoms with E-state index >= 15 is 0 Å². The molecule has 3 atom stereocenters. The Kier molecular flexibility index (Phi) is 7.77. The number of amides is 1. The number of carbonyl (C=O) groups is 3. The summed E-state index contributed by atoms with van der Waals surface area (Å²) in [4.78, 5) is 38.4. The van der Waals surface area contributed by atoms with E-state index in [9.17, 15) is 29.7 Å². The maximum Gasteiger partial charge on any atom is 0.255 e. The van der Waals surface area contributed by atoms with E-state index in [1.165, 1.54) is 0 Å². The minimum atomic E-state index is -1.20. The molecule has 6 rings (SSSR count). The van der Waals surface area contributed by atoms with Crippen LogP contribution in [-0.2, 0) is 20.8 Å². The predicted molar refractivity (Wildman–Crippen MR) is 168 cm³/mol. The number of carbonyl (C=O) groups excluding carboxylic acids is 3. The molecular weight excluding hydrogens is 586 g/mol. The number of aliphatic hydroxyl groups is 2. The summed E-state index contributed by atoms with van der Waals surface area (Å²) >= 11 is 0. The standard InChI is InChI=1S/C37H29NO8/c1-45-25-11-5-19(6-12-25)3-9-21-15-22(10-4-20-7-13-26(46-2)14-8-20)33(40)31-27(21)17-23-16-24-18-28(39)32(37(38)44)36(43)30(24)34(41)29(23)35(31)42/h5-8,11-15,23-24,30,40,42-43H,16-18H2,1-2H3,(H2,38,44). The van der Waals surface area contributed by atoms with Gasteiger partial charge in [-0.25, -0.2) is 0 Å². The number of nitrogens with two attached hydrogens (primary N) is 1. The van der Waals surface area contributed by atoms with Gasteiger partial charge in [-0.3, -0.25) is 14.4 Å². The third-order valence-electron chi connectivity index (χ3n) is 8.75. The smallest absolute Gasteiger partial charge is 0.255 e. The summed E-state index contributed by atoms with van der Waals surface area (Å²) < 4.78 is 10.4. The van der Waals surface area contributed by atoms with Gasteiger partial charge in [0, 0.05) is 28.7 Å². The van der Waals surface area contributed by atoms with Gasteiger partial charge in [-0.15, -0.1) is 0 Å². The van der Waals surface area contributed by atoms with Crippen LogP contribution in [0.4, 0.5) is 0 Å². The van der Waals surface area contributed by atoms with E-state index in [1.807, 2.05) is 0 Å². The number of Topliss-reactive ketones (excluding diaryl/α,β-unsaturated/α-hetero) is 2. The van der Waals surface area contributed by atoms with Crippen LogP contribution in [0.25, 0.3) is 5.76 Å². The van der Waals surface area contributed by atoms with Crippen LogP contribution in [-0.4, -0.2) is 47.0 Å². The number of aliphatic hydroxyl groups excluding tert-OH is 2. The van der Waals surface area contributed by atoms with Crippen LogP contribution in [0.1, 0.15) is 46.2 Å². The Bertz CT molecular complexity index is 2000. The Morgan fingerprint density at radius 1 is 0.826 bits per heavy atom. The van der Waals surface area contributed by atoms with Crippen molar-refractivity contribution in [3.05, 3.63) is 105 Å². The molecule has 1 amide bonds. The second kappa shape index (κ2) is 11.9. The Labute approximate surface area is 265 Å². The molecular formula is C37H29NO8. The SMILES string of the molecule is COc1ccc(C#Cc2cc(C#Cc3ccc(OC)cc3)c3c(c2O)C(O)=C2C(=O)C4C(O)=C(C(N)=O)C(=O)CC4CC2C3)cc1. The summed E-state index contributed by atoms with van der Waals surface area (Å²) in [5.41, 5.74) is 7.38. The molecule has 1 fully saturated rings. The number of rotatable bonds is 3. The monoisotopic (exact) mass is 615 g/mol. The third kappa shape index (κ3) is 5.22. The van der Waals surface area contributed by atoms with Crippen molar-refractivity contribution < 1.29 is 39.2 Å². The van der Waals surface area contributed by atoms with E-state index in [1.54, 1.807) is 68.8 Å². The second-order valence-electron chi connectivity index (χ2n) is 11.4. The fraction of sp³-hybridized carbons (Fsp3) is 0.216. The zero-order valence-corrected chi connectivity index (χ0v) is 25.0. The second-order valence-corrected chi connectivity index (χ2v) is 11.4. The Morgan fingerprint density at radius 3 is 1.93 bits per heavy atom. The van der Waals surface area contributed by atoms with E-state index in [-0.39, 0.29) is 41.7 Å². The number of benzene rings is 3. The number of hydrogen-bond acceptors (Lipinski definition) is 8. The summed E-state index contributed by atoms with van der Waals surface area (Å²) in [6.45, 7) is 0. The van der Waals surface area contributed by atoms with Crippen molar-refractivity contribution in [3.8, 4) is 40.9 Å². The van der Waals surface area contributed by atoms with Gasteiger partial charge in [0.05, 0.1) is 31.3 Å². The number of ether oxygens (including phenoxy) is 2. The molecule has 3 unspecified atom stereocenters. The lowest BCUT2D eigenvalue weighted by Gasteiger charge is -2.41. The van der Waals surface area contributed by atoms with Crippen LogP contribution in [0, 0.1) is 41.4 Å². The molecule has 0 spiro atoms. The Balaban J connectivity index is 1.50. The Morgan fingerprint density at radius 2 is 1.39 bits per heavy atom. The van der Waals surface area contributed by atoms with Crippen molar-refractivity contribution in [2.45, 2.75) is 19.3 Å². The molecule has 1 saturated carbocycles. The summed E-state index contributed by atoms with van der Waals surface area (Å²) in [6.07, 6.45) is 0.380. The molecule has 5 N–H and O–H groups in total. The van der Waals surface area contributed by atoms with Gasteiger partial charge >= 0.3 is 0 Å². The van der Waals surface area contributed by atoms with E-state index in [0.717, 1.165) is 0 Å². The molecule has 0 heterocycles. The highest BCUT2D eigenvalue weighted by Crippen LogP contribution is 2.51. The highest BCUT2D eigenvalue weighted by molar-refractivity contribution is 6.21. The number of phenols is 1. The number of allylic oxidation sites excluding steroid dienone is 2. The molecule has 3 aliphatic rings. The highest BCUT2D eigenvalue weighted by atomic mass is 16.5. The molecule has 3 aromatic carbocycles. The molecule has 0 radical (unpaired) electrons. The van der Waals surface area contributed by atoms with E-state index in [0.29, 0.717) is 33.8 Å². The van der Waals surface area contributed by atoms with Crippen molar-refractivity contribution in [2.75, 3.05) is 14.2 Å². The Hall–Kier alpha value is -5.93. The topological polar surface area (TPSA) is 156 Å². The van der Waals surface area contributed by atoms with Crippen molar-refractivity contribution in [2.24, 2.45) is 23.5 Å². The van der Waals surface area contributed by atoms with Gasteiger partial charge in [0.15, 0.2) is 11.6 Å².